The molecule has 1 amide bonds. The molecule has 1 aliphatic heterocycles. The summed E-state index contributed by atoms with van der Waals surface area (Å²) in [5.41, 5.74) is 7.24. The lowest BCUT2D eigenvalue weighted by molar-refractivity contribution is 0.100. The number of primary amides is 1. The maximum atomic E-state index is 13.7. The van der Waals surface area contributed by atoms with E-state index >= 15 is 0 Å². The van der Waals surface area contributed by atoms with Gasteiger partial charge in [-0.25, -0.2) is 19.3 Å². The predicted molar refractivity (Wildman–Crippen MR) is 105 cm³/mol. The third-order valence-electron chi connectivity index (χ3n) is 4.72. The van der Waals surface area contributed by atoms with E-state index in [0.717, 1.165) is 31.4 Å². The number of nitrogens with one attached hydrogen (secondary N) is 2. The molecule has 0 atom stereocenters. The van der Waals surface area contributed by atoms with Crippen LogP contribution in [0.1, 0.15) is 17.3 Å². The number of anilines is 3. The first kappa shape index (κ1) is 18.0. The summed E-state index contributed by atoms with van der Waals surface area (Å²) in [6.07, 6.45) is 3.62. The van der Waals surface area contributed by atoms with E-state index in [1.807, 2.05) is 19.3 Å². The van der Waals surface area contributed by atoms with Crippen LogP contribution in [0.4, 0.5) is 22.0 Å². The molecule has 9 nitrogen and oxygen atoms in total. The predicted octanol–water partition coefficient (Wildman–Crippen LogP) is 1.35. The summed E-state index contributed by atoms with van der Waals surface area (Å²) < 4.78 is 13.7. The van der Waals surface area contributed by atoms with Gasteiger partial charge in [0.1, 0.15) is 11.3 Å². The van der Waals surface area contributed by atoms with E-state index in [2.05, 4.69) is 35.1 Å². The number of aromatic amines is 1. The third-order valence-corrected chi connectivity index (χ3v) is 4.72. The van der Waals surface area contributed by atoms with Crippen molar-refractivity contribution in [1.29, 1.82) is 0 Å². The minimum atomic E-state index is -0.701. The molecule has 4 rings (SSSR count). The number of carbonyl (C=O) groups is 1. The molecule has 10 heteroatoms. The van der Waals surface area contributed by atoms with E-state index in [1.54, 1.807) is 0 Å². The maximum absolute atomic E-state index is 13.7. The van der Waals surface area contributed by atoms with E-state index in [0.29, 0.717) is 36.0 Å². The molecule has 0 spiro atoms. The number of rotatable bonds is 5. The maximum Gasteiger partial charge on any atom is 0.251 e. The highest BCUT2D eigenvalue weighted by Crippen LogP contribution is 2.24. The van der Waals surface area contributed by atoms with Crippen LogP contribution in [0.2, 0.25) is 0 Å². The average Bonchev–Trinajstić information content (AvgIpc) is 3.12. The van der Waals surface area contributed by atoms with Crippen molar-refractivity contribution in [3.05, 3.63) is 35.9 Å². The number of piperazine rings is 1. The minimum absolute atomic E-state index is 0.0778. The second-order valence-corrected chi connectivity index (χ2v) is 6.54. The van der Waals surface area contributed by atoms with Crippen LogP contribution in [-0.4, -0.2) is 58.6 Å². The summed E-state index contributed by atoms with van der Waals surface area (Å²) in [6.45, 7) is 5.72. The quantitative estimate of drug-likeness (QED) is 0.608. The van der Waals surface area contributed by atoms with Crippen molar-refractivity contribution in [2.24, 2.45) is 5.73 Å². The van der Waals surface area contributed by atoms with Gasteiger partial charge in [0.15, 0.2) is 0 Å². The number of amides is 1. The molecule has 0 unspecified atom stereocenters. The van der Waals surface area contributed by atoms with Gasteiger partial charge in [0, 0.05) is 32.7 Å². The van der Waals surface area contributed by atoms with Crippen LogP contribution in [-0.2, 0) is 0 Å². The van der Waals surface area contributed by atoms with Gasteiger partial charge in [-0.15, -0.1) is 0 Å². The number of hydrogen-bond acceptors (Lipinski definition) is 7. The zero-order chi connectivity index (χ0) is 19.7. The molecule has 1 aromatic carbocycles. The number of carbonyl (C=O) groups excluding carboxylic acids is 1. The number of halogens is 1. The van der Waals surface area contributed by atoms with Gasteiger partial charge in [-0.05, 0) is 19.1 Å². The minimum Gasteiger partial charge on any atom is -0.366 e. The Kier molecular flexibility index (Phi) is 4.68. The van der Waals surface area contributed by atoms with Crippen molar-refractivity contribution in [2.45, 2.75) is 6.92 Å². The second kappa shape index (κ2) is 7.29. The average molecular weight is 384 g/mol. The van der Waals surface area contributed by atoms with Gasteiger partial charge in [0.05, 0.1) is 29.2 Å². The third kappa shape index (κ3) is 3.40. The number of fused-ring (bicyclic) bond motifs is 1. The largest absolute Gasteiger partial charge is 0.366 e. The Hall–Kier alpha value is -3.43. The lowest BCUT2D eigenvalue weighted by atomic mass is 10.1. The van der Waals surface area contributed by atoms with Crippen molar-refractivity contribution >= 4 is 34.5 Å². The lowest BCUT2D eigenvalue weighted by Gasteiger charge is -2.35. The summed E-state index contributed by atoms with van der Waals surface area (Å²) in [6, 6.07) is 2.43. The Morgan fingerprint density at radius 3 is 2.54 bits per heavy atom. The SMILES string of the molecule is CCNc1ncc(N2CCN(c3nc4c(C(N)=O)cc(F)cc4[nH]3)CC2)cn1. The number of imidazole rings is 1. The number of nitrogens with zero attached hydrogens (tertiary/aromatic N) is 5. The Labute approximate surface area is 160 Å². The standard InChI is InChI=1S/C18H21FN8O/c1-2-21-17-22-9-12(10-23-17)26-3-5-27(6-4-26)18-24-14-8-11(19)7-13(16(20)28)15(14)25-18/h7-10H,2-6H2,1H3,(H2,20,28)(H,24,25)(H,21,22,23). The van der Waals surface area contributed by atoms with Crippen molar-refractivity contribution in [3.8, 4) is 0 Å². The van der Waals surface area contributed by atoms with E-state index in [1.165, 1.54) is 6.07 Å². The molecule has 0 aliphatic carbocycles. The monoisotopic (exact) mass is 384 g/mol. The molecule has 0 bridgehead atoms. The number of H-pyrrole nitrogens is 1. The lowest BCUT2D eigenvalue weighted by Crippen LogP contribution is -2.47. The number of aromatic nitrogens is 4. The number of benzene rings is 1. The molecule has 3 heterocycles. The molecule has 1 saturated heterocycles. The topological polar surface area (TPSA) is 116 Å². The molecule has 3 aromatic rings. The van der Waals surface area contributed by atoms with Crippen LogP contribution in [0, 0.1) is 5.82 Å². The van der Waals surface area contributed by atoms with E-state index in [9.17, 15) is 9.18 Å². The molecule has 1 aliphatic rings. The first-order valence-corrected chi connectivity index (χ1v) is 9.10. The fourth-order valence-corrected chi connectivity index (χ4v) is 3.32. The van der Waals surface area contributed by atoms with E-state index in [-0.39, 0.29) is 5.56 Å². The van der Waals surface area contributed by atoms with Gasteiger partial charge in [-0.3, -0.25) is 4.79 Å². The molecule has 0 radical (unpaired) electrons. The van der Waals surface area contributed by atoms with Crippen molar-refractivity contribution in [1.82, 2.24) is 19.9 Å². The summed E-state index contributed by atoms with van der Waals surface area (Å²) >= 11 is 0. The summed E-state index contributed by atoms with van der Waals surface area (Å²) in [4.78, 5) is 32.0. The molecule has 28 heavy (non-hydrogen) atoms. The van der Waals surface area contributed by atoms with E-state index < -0.39 is 11.7 Å². The Bertz CT molecular complexity index is 995. The van der Waals surface area contributed by atoms with E-state index in [4.69, 9.17) is 5.73 Å². The summed E-state index contributed by atoms with van der Waals surface area (Å²) in [7, 11) is 0. The first-order valence-electron chi connectivity index (χ1n) is 9.10. The van der Waals surface area contributed by atoms with Gasteiger partial charge in [0.25, 0.3) is 5.91 Å². The fourth-order valence-electron chi connectivity index (χ4n) is 3.32. The first-order chi connectivity index (χ1) is 13.5. The van der Waals surface area contributed by atoms with Gasteiger partial charge in [-0.2, -0.15) is 0 Å². The van der Waals surface area contributed by atoms with Crippen LogP contribution in [0.15, 0.2) is 24.5 Å². The van der Waals surface area contributed by atoms with Gasteiger partial charge in [0.2, 0.25) is 11.9 Å². The molecular weight excluding hydrogens is 363 g/mol. The molecule has 0 saturated carbocycles. The Balaban J connectivity index is 1.49. The van der Waals surface area contributed by atoms with Crippen LogP contribution >= 0.6 is 0 Å². The van der Waals surface area contributed by atoms with Gasteiger partial charge < -0.3 is 25.8 Å². The van der Waals surface area contributed by atoms with Crippen molar-refractivity contribution < 1.29 is 9.18 Å². The highest BCUT2D eigenvalue weighted by Gasteiger charge is 2.22. The van der Waals surface area contributed by atoms with Gasteiger partial charge >= 0.3 is 0 Å². The zero-order valence-electron chi connectivity index (χ0n) is 15.4. The molecule has 1 fully saturated rings. The Morgan fingerprint density at radius 1 is 1.21 bits per heavy atom. The smallest absolute Gasteiger partial charge is 0.251 e. The molecular formula is C18H21FN8O. The van der Waals surface area contributed by atoms with Gasteiger partial charge in [-0.1, -0.05) is 0 Å². The summed E-state index contributed by atoms with van der Waals surface area (Å²) in [5.74, 6) is -0.0122. The van der Waals surface area contributed by atoms with Crippen LogP contribution < -0.4 is 20.9 Å². The number of hydrogen-bond donors (Lipinski definition) is 3. The zero-order valence-corrected chi connectivity index (χ0v) is 15.4. The second-order valence-electron chi connectivity index (χ2n) is 6.54. The highest BCUT2D eigenvalue weighted by molar-refractivity contribution is 6.04. The van der Waals surface area contributed by atoms with Crippen LogP contribution in [0.5, 0.6) is 0 Å². The number of nitrogens with two attached hydrogens (primary N) is 1. The molecule has 2 aromatic heterocycles. The summed E-state index contributed by atoms with van der Waals surface area (Å²) in [5, 5.41) is 3.07. The normalized spacial score (nSPS) is 14.5. The molecule has 146 valence electrons. The fraction of sp³-hybridized carbons (Fsp3) is 0.333. The highest BCUT2D eigenvalue weighted by atomic mass is 19.1. The van der Waals surface area contributed by atoms with Crippen molar-refractivity contribution in [2.75, 3.05) is 47.8 Å². The van der Waals surface area contributed by atoms with Crippen LogP contribution in [0.3, 0.4) is 0 Å². The van der Waals surface area contributed by atoms with Crippen molar-refractivity contribution in [3.63, 3.8) is 0 Å². The van der Waals surface area contributed by atoms with Crippen LogP contribution in [0.25, 0.3) is 11.0 Å². The Morgan fingerprint density at radius 2 is 1.89 bits per heavy atom. The molecule has 4 N–H and O–H groups in total.